The first-order chi connectivity index (χ1) is 8.58. The van der Waals surface area contributed by atoms with E-state index < -0.39 is 11.8 Å². The summed E-state index contributed by atoms with van der Waals surface area (Å²) in [5.41, 5.74) is 0.304. The Hall–Kier alpha value is -1.91. The number of carbonyl (C=O) groups excluding carboxylic acids is 1. The second-order valence-electron chi connectivity index (χ2n) is 4.41. The monoisotopic (exact) mass is 251 g/mol. The SMILES string of the molecule is O=C(O)CN(C(=O)Cc1ccccc1F)C1CC1. The minimum atomic E-state index is -1.04. The smallest absolute Gasteiger partial charge is 0.323 e. The third-order valence-electron chi connectivity index (χ3n) is 2.91. The molecule has 0 unspecified atom stereocenters. The Morgan fingerprint density at radius 2 is 2.00 bits per heavy atom. The van der Waals surface area contributed by atoms with Gasteiger partial charge in [0.2, 0.25) is 5.91 Å². The van der Waals surface area contributed by atoms with E-state index in [9.17, 15) is 14.0 Å². The molecule has 0 spiro atoms. The molecule has 1 aromatic rings. The molecule has 1 aromatic carbocycles. The van der Waals surface area contributed by atoms with Gasteiger partial charge in [-0.1, -0.05) is 18.2 Å². The van der Waals surface area contributed by atoms with E-state index >= 15 is 0 Å². The highest BCUT2D eigenvalue weighted by Crippen LogP contribution is 2.27. The maximum Gasteiger partial charge on any atom is 0.323 e. The quantitative estimate of drug-likeness (QED) is 0.861. The minimum Gasteiger partial charge on any atom is -0.480 e. The molecule has 1 saturated carbocycles. The molecular formula is C13H14FNO3. The second kappa shape index (κ2) is 5.16. The fourth-order valence-corrected chi connectivity index (χ4v) is 1.86. The molecule has 1 amide bonds. The molecule has 18 heavy (non-hydrogen) atoms. The van der Waals surface area contributed by atoms with Crippen molar-refractivity contribution in [1.82, 2.24) is 4.90 Å². The normalized spacial score (nSPS) is 14.3. The average Bonchev–Trinajstić information content (AvgIpc) is 3.12. The molecule has 0 radical (unpaired) electrons. The summed E-state index contributed by atoms with van der Waals surface area (Å²) in [6, 6.07) is 6.06. The molecule has 0 atom stereocenters. The zero-order chi connectivity index (χ0) is 13.1. The van der Waals surface area contributed by atoms with Crippen molar-refractivity contribution in [2.75, 3.05) is 6.54 Å². The van der Waals surface area contributed by atoms with E-state index in [1.165, 1.54) is 11.0 Å². The number of carbonyl (C=O) groups is 2. The molecule has 5 heteroatoms. The minimum absolute atomic E-state index is 0.0142. The largest absolute Gasteiger partial charge is 0.480 e. The van der Waals surface area contributed by atoms with Crippen LogP contribution in [0.2, 0.25) is 0 Å². The summed E-state index contributed by atoms with van der Waals surface area (Å²) in [7, 11) is 0. The van der Waals surface area contributed by atoms with E-state index in [1.54, 1.807) is 18.2 Å². The Kier molecular flexibility index (Phi) is 3.60. The number of benzene rings is 1. The molecule has 1 N–H and O–H groups in total. The number of hydrogen-bond donors (Lipinski definition) is 1. The van der Waals surface area contributed by atoms with E-state index in [-0.39, 0.29) is 24.9 Å². The van der Waals surface area contributed by atoms with E-state index in [0.29, 0.717) is 5.56 Å². The number of carboxylic acids is 1. The topological polar surface area (TPSA) is 57.6 Å². The van der Waals surface area contributed by atoms with Gasteiger partial charge in [0.25, 0.3) is 0 Å². The molecule has 1 aliphatic carbocycles. The van der Waals surface area contributed by atoms with Gasteiger partial charge in [-0.25, -0.2) is 4.39 Å². The predicted octanol–water partition coefficient (Wildman–Crippen LogP) is 1.44. The van der Waals surface area contributed by atoms with Crippen molar-refractivity contribution in [3.05, 3.63) is 35.6 Å². The van der Waals surface area contributed by atoms with Crippen LogP contribution >= 0.6 is 0 Å². The van der Waals surface area contributed by atoms with Gasteiger partial charge in [-0.05, 0) is 24.5 Å². The number of nitrogens with zero attached hydrogens (tertiary/aromatic N) is 1. The fourth-order valence-electron chi connectivity index (χ4n) is 1.86. The third-order valence-corrected chi connectivity index (χ3v) is 2.91. The lowest BCUT2D eigenvalue weighted by molar-refractivity contribution is -0.144. The van der Waals surface area contributed by atoms with Crippen LogP contribution in [0.4, 0.5) is 4.39 Å². The first-order valence-corrected chi connectivity index (χ1v) is 5.82. The van der Waals surface area contributed by atoms with Crippen molar-refractivity contribution >= 4 is 11.9 Å². The lowest BCUT2D eigenvalue weighted by Gasteiger charge is -2.20. The number of amides is 1. The molecule has 1 fully saturated rings. The van der Waals surface area contributed by atoms with Crippen LogP contribution in [0.25, 0.3) is 0 Å². The van der Waals surface area contributed by atoms with Gasteiger partial charge in [0.05, 0.1) is 6.42 Å². The number of aliphatic carboxylic acids is 1. The average molecular weight is 251 g/mol. The summed E-state index contributed by atoms with van der Waals surface area (Å²) in [6.45, 7) is -0.308. The van der Waals surface area contributed by atoms with Crippen molar-refractivity contribution in [3.63, 3.8) is 0 Å². The Morgan fingerprint density at radius 3 is 2.56 bits per heavy atom. The summed E-state index contributed by atoms with van der Waals surface area (Å²) in [5.74, 6) is -1.80. The van der Waals surface area contributed by atoms with Gasteiger partial charge in [-0.15, -0.1) is 0 Å². The van der Waals surface area contributed by atoms with Gasteiger partial charge in [0.1, 0.15) is 12.4 Å². The zero-order valence-corrected chi connectivity index (χ0v) is 9.80. The van der Waals surface area contributed by atoms with Crippen LogP contribution in [-0.4, -0.2) is 34.5 Å². The van der Waals surface area contributed by atoms with E-state index in [0.717, 1.165) is 12.8 Å². The standard InChI is InChI=1S/C13H14FNO3/c14-11-4-2-1-3-9(11)7-12(16)15(8-13(17)18)10-5-6-10/h1-4,10H,5-8H2,(H,17,18). The van der Waals surface area contributed by atoms with Gasteiger partial charge >= 0.3 is 5.97 Å². The highest BCUT2D eigenvalue weighted by molar-refractivity contribution is 5.83. The van der Waals surface area contributed by atoms with Gasteiger partial charge in [0.15, 0.2) is 0 Å². The van der Waals surface area contributed by atoms with Gasteiger partial charge < -0.3 is 10.0 Å². The van der Waals surface area contributed by atoms with Crippen LogP contribution in [0.3, 0.4) is 0 Å². The number of rotatable bonds is 5. The lowest BCUT2D eigenvalue weighted by atomic mass is 10.1. The maximum absolute atomic E-state index is 13.4. The maximum atomic E-state index is 13.4. The van der Waals surface area contributed by atoms with Crippen molar-refractivity contribution in [1.29, 1.82) is 0 Å². The van der Waals surface area contributed by atoms with Crippen molar-refractivity contribution in [2.45, 2.75) is 25.3 Å². The molecule has 0 aromatic heterocycles. The van der Waals surface area contributed by atoms with E-state index in [1.807, 2.05) is 0 Å². The Bertz CT molecular complexity index is 471. The van der Waals surface area contributed by atoms with Crippen LogP contribution in [0.15, 0.2) is 24.3 Å². The van der Waals surface area contributed by atoms with Crippen LogP contribution < -0.4 is 0 Å². The third kappa shape index (κ3) is 3.06. The zero-order valence-electron chi connectivity index (χ0n) is 9.80. The summed E-state index contributed by atoms with van der Waals surface area (Å²) in [5, 5.41) is 8.76. The first kappa shape index (κ1) is 12.5. The summed E-state index contributed by atoms with van der Waals surface area (Å²) >= 11 is 0. The van der Waals surface area contributed by atoms with Crippen molar-refractivity contribution in [2.24, 2.45) is 0 Å². The molecule has 0 heterocycles. The van der Waals surface area contributed by atoms with Crippen molar-refractivity contribution < 1.29 is 19.1 Å². The van der Waals surface area contributed by atoms with Crippen molar-refractivity contribution in [3.8, 4) is 0 Å². The van der Waals surface area contributed by atoms with E-state index in [2.05, 4.69) is 0 Å². The summed E-state index contributed by atoms with van der Waals surface area (Å²) < 4.78 is 13.4. The molecular weight excluding hydrogens is 237 g/mol. The molecule has 0 bridgehead atoms. The molecule has 4 nitrogen and oxygen atoms in total. The van der Waals surface area contributed by atoms with Crippen LogP contribution in [-0.2, 0) is 16.0 Å². The van der Waals surface area contributed by atoms with Gasteiger partial charge in [0, 0.05) is 6.04 Å². The Balaban J connectivity index is 2.05. The summed E-state index contributed by atoms with van der Waals surface area (Å²) in [4.78, 5) is 24.0. The summed E-state index contributed by atoms with van der Waals surface area (Å²) in [6.07, 6.45) is 1.57. The van der Waals surface area contributed by atoms with E-state index in [4.69, 9.17) is 5.11 Å². The molecule has 0 aliphatic heterocycles. The number of carboxylic acid groups (broad SMARTS) is 1. The lowest BCUT2D eigenvalue weighted by Crippen LogP contribution is -2.38. The molecule has 0 saturated heterocycles. The Morgan fingerprint density at radius 1 is 1.33 bits per heavy atom. The van der Waals surface area contributed by atoms with Crippen LogP contribution in [0.5, 0.6) is 0 Å². The molecule has 96 valence electrons. The second-order valence-corrected chi connectivity index (χ2v) is 4.41. The number of halogens is 1. The fraction of sp³-hybridized carbons (Fsp3) is 0.385. The molecule has 2 rings (SSSR count). The first-order valence-electron chi connectivity index (χ1n) is 5.82. The number of hydrogen-bond acceptors (Lipinski definition) is 2. The van der Waals surface area contributed by atoms with Crippen LogP contribution in [0, 0.1) is 5.82 Å². The Labute approximate surface area is 104 Å². The molecule has 1 aliphatic rings. The highest BCUT2D eigenvalue weighted by Gasteiger charge is 2.33. The van der Waals surface area contributed by atoms with Crippen LogP contribution in [0.1, 0.15) is 18.4 Å². The predicted molar refractivity (Wildman–Crippen MR) is 62.5 cm³/mol. The van der Waals surface area contributed by atoms with Gasteiger partial charge in [-0.3, -0.25) is 9.59 Å². The highest BCUT2D eigenvalue weighted by atomic mass is 19.1. The van der Waals surface area contributed by atoms with Gasteiger partial charge in [-0.2, -0.15) is 0 Å².